The van der Waals surface area contributed by atoms with Crippen LogP contribution in [-0.2, 0) is 11.3 Å². The molecule has 0 saturated heterocycles. The van der Waals surface area contributed by atoms with E-state index in [-0.39, 0.29) is 0 Å². The Balaban J connectivity index is 1.86. The lowest BCUT2D eigenvalue weighted by Crippen LogP contribution is -2.24. The first-order valence-corrected chi connectivity index (χ1v) is 8.66. The molecule has 3 rings (SSSR count). The second-order valence-electron chi connectivity index (χ2n) is 5.51. The largest absolute Gasteiger partial charge is 0.496 e. The Hall–Kier alpha value is -3.46. The van der Waals surface area contributed by atoms with Crippen LogP contribution in [0.15, 0.2) is 53.0 Å². The fourth-order valence-corrected chi connectivity index (χ4v) is 3.08. The van der Waals surface area contributed by atoms with Crippen molar-refractivity contribution in [3.05, 3.63) is 64.2 Å². The molecule has 27 heavy (non-hydrogen) atoms. The number of anilines is 1. The summed E-state index contributed by atoms with van der Waals surface area (Å²) in [5.41, 5.74) is 2.73. The number of pyridine rings is 1. The van der Waals surface area contributed by atoms with Gasteiger partial charge in [0.05, 0.1) is 28.7 Å². The normalized spacial score (nSPS) is 10.4. The van der Waals surface area contributed by atoms with E-state index in [4.69, 9.17) is 9.84 Å². The van der Waals surface area contributed by atoms with Crippen molar-refractivity contribution in [1.29, 1.82) is 0 Å². The summed E-state index contributed by atoms with van der Waals surface area (Å²) in [6, 6.07) is 7.78. The van der Waals surface area contributed by atoms with Gasteiger partial charge in [-0.15, -0.1) is 11.3 Å². The van der Waals surface area contributed by atoms with Crippen LogP contribution >= 0.6 is 11.3 Å². The first-order chi connectivity index (χ1) is 13.0. The number of carboxylic acid groups (broad SMARTS) is 1. The van der Waals surface area contributed by atoms with Gasteiger partial charge in [0, 0.05) is 18.5 Å². The molecule has 0 unspecified atom stereocenters. The number of methoxy groups -OCH3 is 1. The van der Waals surface area contributed by atoms with Crippen molar-refractivity contribution in [1.82, 2.24) is 9.55 Å². The van der Waals surface area contributed by atoms with Gasteiger partial charge in [-0.05, 0) is 23.8 Å². The zero-order chi connectivity index (χ0) is 19.4. The van der Waals surface area contributed by atoms with Gasteiger partial charge in [0.15, 0.2) is 0 Å². The number of hydrogen-bond donors (Lipinski definition) is 2. The number of rotatable bonds is 6. The number of carbonyl (C=O) groups excluding carboxylic acids is 1. The monoisotopic (exact) mass is 385 g/mol. The van der Waals surface area contributed by atoms with Crippen molar-refractivity contribution in [3.63, 3.8) is 0 Å². The van der Waals surface area contributed by atoms with Crippen molar-refractivity contribution in [2.24, 2.45) is 0 Å². The average molecular weight is 385 g/mol. The van der Waals surface area contributed by atoms with Crippen molar-refractivity contribution in [3.8, 4) is 16.2 Å². The molecule has 0 radical (unpaired) electrons. The van der Waals surface area contributed by atoms with Crippen LogP contribution in [0.1, 0.15) is 10.4 Å². The van der Waals surface area contributed by atoms with Gasteiger partial charge in [-0.25, -0.2) is 0 Å². The Labute approximate surface area is 157 Å². The maximum absolute atomic E-state index is 12.6. The lowest BCUT2D eigenvalue weighted by Gasteiger charge is -2.11. The quantitative estimate of drug-likeness (QED) is 0.674. The molecule has 0 saturated carbocycles. The highest BCUT2D eigenvalue weighted by Gasteiger charge is 2.15. The highest BCUT2D eigenvalue weighted by molar-refractivity contribution is 7.13. The summed E-state index contributed by atoms with van der Waals surface area (Å²) in [5, 5.41) is 11.5. The topological polar surface area (TPSA) is 111 Å². The predicted octanol–water partition coefficient (Wildman–Crippen LogP) is 2.32. The first kappa shape index (κ1) is 18.3. The molecule has 1 aromatic carbocycles. The van der Waals surface area contributed by atoms with Gasteiger partial charge >= 0.3 is 5.97 Å². The van der Waals surface area contributed by atoms with Crippen LogP contribution < -0.4 is 15.6 Å². The van der Waals surface area contributed by atoms with Gasteiger partial charge in [0.1, 0.15) is 12.3 Å². The number of amides is 1. The molecule has 0 aliphatic carbocycles. The SMILES string of the molecule is COc1cc(-c2cncs2)ccc1C(=O)Nc1ccc(=O)n(CC(=O)O)c1. The molecule has 1 amide bonds. The Kier molecular flexibility index (Phi) is 5.32. The molecular weight excluding hydrogens is 370 g/mol. The lowest BCUT2D eigenvalue weighted by atomic mass is 10.1. The van der Waals surface area contributed by atoms with E-state index in [9.17, 15) is 14.4 Å². The number of nitrogens with zero attached hydrogens (tertiary/aromatic N) is 2. The molecule has 3 aromatic rings. The number of hydrogen-bond acceptors (Lipinski definition) is 6. The fourth-order valence-electron chi connectivity index (χ4n) is 2.46. The third kappa shape index (κ3) is 4.21. The standard InChI is InChI=1S/C18H15N3O5S/c1-26-14-6-11(15-7-19-10-27-15)2-4-13(14)18(25)20-12-3-5-16(22)21(8-12)9-17(23)24/h2-8,10H,9H2,1H3,(H,20,25)(H,23,24). The lowest BCUT2D eigenvalue weighted by molar-refractivity contribution is -0.137. The van der Waals surface area contributed by atoms with Crippen LogP contribution in [0.5, 0.6) is 5.75 Å². The molecule has 0 atom stereocenters. The summed E-state index contributed by atoms with van der Waals surface area (Å²) in [6.45, 7) is -0.491. The van der Waals surface area contributed by atoms with Gasteiger partial charge in [-0.1, -0.05) is 6.07 Å². The zero-order valence-electron chi connectivity index (χ0n) is 14.2. The van der Waals surface area contributed by atoms with Gasteiger partial charge in [0.2, 0.25) is 0 Å². The summed E-state index contributed by atoms with van der Waals surface area (Å²) in [6.07, 6.45) is 3.01. The van der Waals surface area contributed by atoms with Crippen LogP contribution in [0.3, 0.4) is 0 Å². The number of ether oxygens (including phenoxy) is 1. The second kappa shape index (κ2) is 7.83. The average Bonchev–Trinajstić information content (AvgIpc) is 3.18. The number of carboxylic acids is 1. The van der Waals surface area contributed by atoms with E-state index in [2.05, 4.69) is 10.3 Å². The van der Waals surface area contributed by atoms with E-state index in [1.165, 1.54) is 36.8 Å². The third-order valence-electron chi connectivity index (χ3n) is 3.71. The maximum atomic E-state index is 12.6. The number of carbonyl (C=O) groups is 2. The number of benzene rings is 1. The van der Waals surface area contributed by atoms with Crippen molar-refractivity contribution < 1.29 is 19.4 Å². The minimum absolute atomic E-state index is 0.300. The highest BCUT2D eigenvalue weighted by atomic mass is 32.1. The van der Waals surface area contributed by atoms with Crippen molar-refractivity contribution >= 4 is 28.9 Å². The summed E-state index contributed by atoms with van der Waals surface area (Å²) in [5.74, 6) is -1.21. The third-order valence-corrected chi connectivity index (χ3v) is 4.53. The van der Waals surface area contributed by atoms with Gasteiger partial charge in [-0.3, -0.25) is 19.4 Å². The molecule has 0 spiro atoms. The Morgan fingerprint density at radius 3 is 2.78 bits per heavy atom. The Morgan fingerprint density at radius 1 is 1.30 bits per heavy atom. The minimum Gasteiger partial charge on any atom is -0.496 e. The highest BCUT2D eigenvalue weighted by Crippen LogP contribution is 2.29. The van der Waals surface area contributed by atoms with Crippen LogP contribution in [0, 0.1) is 0 Å². The predicted molar refractivity (Wildman–Crippen MR) is 100 cm³/mol. The van der Waals surface area contributed by atoms with Crippen LogP contribution in [0.25, 0.3) is 10.4 Å². The van der Waals surface area contributed by atoms with E-state index in [0.717, 1.165) is 15.0 Å². The van der Waals surface area contributed by atoms with Crippen molar-refractivity contribution in [2.75, 3.05) is 12.4 Å². The van der Waals surface area contributed by atoms with E-state index in [1.54, 1.807) is 29.9 Å². The molecule has 0 fully saturated rings. The smallest absolute Gasteiger partial charge is 0.323 e. The number of nitrogens with one attached hydrogen (secondary N) is 1. The molecule has 0 aliphatic heterocycles. The van der Waals surface area contributed by atoms with E-state index in [0.29, 0.717) is 17.0 Å². The fraction of sp³-hybridized carbons (Fsp3) is 0.111. The summed E-state index contributed by atoms with van der Waals surface area (Å²) in [4.78, 5) is 40.1. The number of thiazole rings is 1. The minimum atomic E-state index is -1.15. The molecule has 2 heterocycles. The van der Waals surface area contributed by atoms with Gasteiger partial charge in [0.25, 0.3) is 11.5 Å². The molecule has 2 aromatic heterocycles. The molecule has 2 N–H and O–H groups in total. The number of aromatic nitrogens is 2. The van der Waals surface area contributed by atoms with Gasteiger partial charge in [-0.2, -0.15) is 0 Å². The van der Waals surface area contributed by atoms with E-state index < -0.39 is 24.0 Å². The Bertz CT molecular complexity index is 1040. The molecular formula is C18H15N3O5S. The summed E-state index contributed by atoms with van der Waals surface area (Å²) >= 11 is 1.47. The van der Waals surface area contributed by atoms with Gasteiger partial charge < -0.3 is 19.7 Å². The molecule has 0 aliphatic rings. The molecule has 138 valence electrons. The van der Waals surface area contributed by atoms with Crippen molar-refractivity contribution in [2.45, 2.75) is 6.54 Å². The molecule has 8 nitrogen and oxygen atoms in total. The van der Waals surface area contributed by atoms with E-state index in [1.807, 2.05) is 0 Å². The first-order valence-electron chi connectivity index (χ1n) is 7.78. The summed E-state index contributed by atoms with van der Waals surface area (Å²) < 4.78 is 6.33. The molecule has 0 bridgehead atoms. The van der Waals surface area contributed by atoms with Crippen LogP contribution in [0.2, 0.25) is 0 Å². The summed E-state index contributed by atoms with van der Waals surface area (Å²) in [7, 11) is 1.47. The zero-order valence-corrected chi connectivity index (χ0v) is 15.0. The van der Waals surface area contributed by atoms with E-state index >= 15 is 0 Å². The van der Waals surface area contributed by atoms with Crippen LogP contribution in [-0.4, -0.2) is 33.6 Å². The Morgan fingerprint density at radius 2 is 2.11 bits per heavy atom. The maximum Gasteiger partial charge on any atom is 0.323 e. The number of aliphatic carboxylic acids is 1. The second-order valence-corrected chi connectivity index (χ2v) is 6.40. The molecule has 9 heteroatoms. The van der Waals surface area contributed by atoms with Crippen LogP contribution in [0.4, 0.5) is 5.69 Å².